The van der Waals surface area contributed by atoms with Crippen LogP contribution in [0.1, 0.15) is 25.5 Å². The lowest BCUT2D eigenvalue weighted by atomic mass is 10.1. The van der Waals surface area contributed by atoms with Gasteiger partial charge in [0.1, 0.15) is 0 Å². The molecule has 1 aromatic carbocycles. The van der Waals surface area contributed by atoms with Gasteiger partial charge in [-0.2, -0.15) is 0 Å². The molecule has 22 heavy (non-hydrogen) atoms. The van der Waals surface area contributed by atoms with E-state index in [2.05, 4.69) is 14.9 Å². The second-order valence-corrected chi connectivity index (χ2v) is 6.85. The van der Waals surface area contributed by atoms with E-state index in [1.54, 1.807) is 36.5 Å². The molecule has 0 aliphatic carbocycles. The zero-order valence-corrected chi connectivity index (χ0v) is 13.0. The molecule has 114 valence electrons. The Balaban J connectivity index is 2.01. The third kappa shape index (κ3) is 2.67. The summed E-state index contributed by atoms with van der Waals surface area (Å²) in [6.45, 7) is 3.90. The summed E-state index contributed by atoms with van der Waals surface area (Å²) in [7, 11) is -3.78. The molecule has 7 heteroatoms. The Morgan fingerprint density at radius 3 is 2.73 bits per heavy atom. The molecule has 6 nitrogen and oxygen atoms in total. The van der Waals surface area contributed by atoms with Crippen molar-refractivity contribution in [2.75, 3.05) is 4.72 Å². The molecule has 0 radical (unpaired) electrons. The molecule has 2 heterocycles. The predicted molar refractivity (Wildman–Crippen MR) is 83.1 cm³/mol. The van der Waals surface area contributed by atoms with Gasteiger partial charge in [-0.05, 0) is 30.2 Å². The van der Waals surface area contributed by atoms with Crippen molar-refractivity contribution >= 4 is 26.8 Å². The number of benzene rings is 1. The van der Waals surface area contributed by atoms with Gasteiger partial charge in [0.2, 0.25) is 5.88 Å². The first kappa shape index (κ1) is 14.5. The minimum Gasteiger partial charge on any atom is -0.338 e. The molecule has 1 N–H and O–H groups in total. The van der Waals surface area contributed by atoms with Gasteiger partial charge in [0.05, 0.1) is 16.1 Å². The van der Waals surface area contributed by atoms with E-state index in [4.69, 9.17) is 4.52 Å². The minimum absolute atomic E-state index is 0.101. The molecular formula is C15H15N3O3S. The topological polar surface area (TPSA) is 85.1 Å². The Morgan fingerprint density at radius 2 is 2.00 bits per heavy atom. The van der Waals surface area contributed by atoms with Crippen LogP contribution in [-0.2, 0) is 10.0 Å². The SMILES string of the molecule is CC(C)c1cc(NS(=O)(=O)c2cccc3ncccc23)on1. The van der Waals surface area contributed by atoms with E-state index in [0.717, 1.165) is 0 Å². The van der Waals surface area contributed by atoms with E-state index in [0.29, 0.717) is 16.6 Å². The molecule has 0 saturated carbocycles. The highest BCUT2D eigenvalue weighted by Gasteiger charge is 2.20. The number of hydrogen-bond donors (Lipinski definition) is 1. The van der Waals surface area contributed by atoms with Gasteiger partial charge in [0, 0.05) is 17.6 Å². The van der Waals surface area contributed by atoms with Gasteiger partial charge in [-0.3, -0.25) is 4.98 Å². The van der Waals surface area contributed by atoms with E-state index in [-0.39, 0.29) is 16.7 Å². The van der Waals surface area contributed by atoms with Crippen LogP contribution in [0, 0.1) is 0 Å². The van der Waals surface area contributed by atoms with E-state index in [9.17, 15) is 8.42 Å². The normalized spacial score (nSPS) is 12.0. The number of sulfonamides is 1. The number of rotatable bonds is 4. The summed E-state index contributed by atoms with van der Waals surface area (Å²) in [5.41, 5.74) is 1.31. The zero-order valence-electron chi connectivity index (χ0n) is 12.1. The second-order valence-electron chi connectivity index (χ2n) is 5.20. The van der Waals surface area contributed by atoms with Crippen molar-refractivity contribution in [1.82, 2.24) is 10.1 Å². The number of nitrogens with zero attached hydrogens (tertiary/aromatic N) is 2. The molecule has 0 spiro atoms. The molecule has 0 bridgehead atoms. The van der Waals surface area contributed by atoms with Crippen molar-refractivity contribution in [2.45, 2.75) is 24.7 Å². The standard InChI is InChI=1S/C15H15N3O3S/c1-10(2)13-9-15(21-17-13)18-22(19,20)14-7-3-6-12-11(14)5-4-8-16-12/h3-10,18H,1-2H3. The molecule has 3 aromatic rings. The van der Waals surface area contributed by atoms with Crippen molar-refractivity contribution in [3.05, 3.63) is 48.3 Å². The van der Waals surface area contributed by atoms with Gasteiger partial charge < -0.3 is 4.52 Å². The van der Waals surface area contributed by atoms with Crippen LogP contribution in [0.4, 0.5) is 5.88 Å². The zero-order chi connectivity index (χ0) is 15.7. The van der Waals surface area contributed by atoms with Gasteiger partial charge in [-0.1, -0.05) is 25.1 Å². The summed E-state index contributed by atoms with van der Waals surface area (Å²) in [4.78, 5) is 4.32. The molecule has 0 unspecified atom stereocenters. The Hall–Kier alpha value is -2.41. The first-order valence-corrected chi connectivity index (χ1v) is 8.29. The summed E-state index contributed by atoms with van der Waals surface area (Å²) in [6, 6.07) is 9.96. The minimum atomic E-state index is -3.78. The van der Waals surface area contributed by atoms with Gasteiger partial charge in [0.25, 0.3) is 10.0 Å². The van der Waals surface area contributed by atoms with Crippen molar-refractivity contribution in [3.8, 4) is 0 Å². The third-order valence-electron chi connectivity index (χ3n) is 3.25. The number of nitrogens with one attached hydrogen (secondary N) is 1. The summed E-state index contributed by atoms with van der Waals surface area (Å²) >= 11 is 0. The lowest BCUT2D eigenvalue weighted by Gasteiger charge is -2.07. The summed E-state index contributed by atoms with van der Waals surface area (Å²) in [6.07, 6.45) is 1.62. The lowest BCUT2D eigenvalue weighted by Crippen LogP contribution is -2.13. The molecule has 0 amide bonds. The first-order chi connectivity index (χ1) is 10.5. The summed E-state index contributed by atoms with van der Waals surface area (Å²) < 4.78 is 32.6. The second kappa shape index (κ2) is 5.42. The van der Waals surface area contributed by atoms with Crippen LogP contribution in [0.3, 0.4) is 0 Å². The highest BCUT2D eigenvalue weighted by molar-refractivity contribution is 7.93. The van der Waals surface area contributed by atoms with E-state index in [1.807, 2.05) is 13.8 Å². The molecule has 0 saturated heterocycles. The predicted octanol–water partition coefficient (Wildman–Crippen LogP) is 3.15. The number of aromatic nitrogens is 2. The molecular weight excluding hydrogens is 302 g/mol. The lowest BCUT2D eigenvalue weighted by molar-refractivity contribution is 0.423. The van der Waals surface area contributed by atoms with Crippen LogP contribution >= 0.6 is 0 Å². The van der Waals surface area contributed by atoms with E-state index in [1.165, 1.54) is 6.07 Å². The van der Waals surface area contributed by atoms with Crippen LogP contribution in [0.2, 0.25) is 0 Å². The maximum atomic E-state index is 12.6. The van der Waals surface area contributed by atoms with E-state index >= 15 is 0 Å². The quantitative estimate of drug-likeness (QED) is 0.799. The number of hydrogen-bond acceptors (Lipinski definition) is 5. The number of anilines is 1. The average molecular weight is 317 g/mol. The van der Waals surface area contributed by atoms with E-state index < -0.39 is 10.0 Å². The van der Waals surface area contributed by atoms with Crippen LogP contribution in [0.25, 0.3) is 10.9 Å². The van der Waals surface area contributed by atoms with Crippen molar-refractivity contribution in [2.24, 2.45) is 0 Å². The van der Waals surface area contributed by atoms with Crippen molar-refractivity contribution < 1.29 is 12.9 Å². The fraction of sp³-hybridized carbons (Fsp3) is 0.200. The maximum Gasteiger partial charge on any atom is 0.264 e. The molecule has 2 aromatic heterocycles. The average Bonchev–Trinajstić information content (AvgIpc) is 2.94. The Labute approximate surface area is 128 Å². The largest absolute Gasteiger partial charge is 0.338 e. The highest BCUT2D eigenvalue weighted by Crippen LogP contribution is 2.25. The molecule has 3 rings (SSSR count). The monoisotopic (exact) mass is 317 g/mol. The van der Waals surface area contributed by atoms with Crippen LogP contribution in [0.5, 0.6) is 0 Å². The molecule has 0 fully saturated rings. The summed E-state index contributed by atoms with van der Waals surface area (Å²) in [5, 5.41) is 4.40. The fourth-order valence-corrected chi connectivity index (χ4v) is 3.30. The van der Waals surface area contributed by atoms with Crippen molar-refractivity contribution in [1.29, 1.82) is 0 Å². The molecule has 0 aliphatic heterocycles. The van der Waals surface area contributed by atoms with Crippen LogP contribution in [0.15, 0.2) is 52.0 Å². The number of fused-ring (bicyclic) bond motifs is 1. The number of pyridine rings is 1. The van der Waals surface area contributed by atoms with Crippen LogP contribution < -0.4 is 4.72 Å². The molecule has 0 aliphatic rings. The highest BCUT2D eigenvalue weighted by atomic mass is 32.2. The molecule has 0 atom stereocenters. The maximum absolute atomic E-state index is 12.6. The van der Waals surface area contributed by atoms with Gasteiger partial charge in [-0.25, -0.2) is 13.1 Å². The first-order valence-electron chi connectivity index (χ1n) is 6.80. The van der Waals surface area contributed by atoms with Gasteiger partial charge in [-0.15, -0.1) is 0 Å². The Bertz CT molecular complexity index is 911. The van der Waals surface area contributed by atoms with Crippen molar-refractivity contribution in [3.63, 3.8) is 0 Å². The Kier molecular flexibility index (Phi) is 3.58. The van der Waals surface area contributed by atoms with Crippen LogP contribution in [-0.4, -0.2) is 18.6 Å². The van der Waals surface area contributed by atoms with Gasteiger partial charge in [0.15, 0.2) is 0 Å². The fourth-order valence-electron chi connectivity index (χ4n) is 2.11. The Morgan fingerprint density at radius 1 is 1.18 bits per heavy atom. The smallest absolute Gasteiger partial charge is 0.264 e. The summed E-state index contributed by atoms with van der Waals surface area (Å²) in [5.74, 6) is 0.258. The third-order valence-corrected chi connectivity index (χ3v) is 4.66. The van der Waals surface area contributed by atoms with Gasteiger partial charge >= 0.3 is 0 Å².